The molecule has 0 amide bonds. The Hall–Kier alpha value is -2.99. The second kappa shape index (κ2) is 10.8. The molecule has 4 aromatic rings. The predicted molar refractivity (Wildman–Crippen MR) is 129 cm³/mol. The molecule has 2 aromatic carbocycles. The Balaban J connectivity index is 0.00000193. The van der Waals surface area contributed by atoms with E-state index in [1.807, 2.05) is 35.6 Å². The fraction of sp³-hybridized carbons (Fsp3) is 0.217. The van der Waals surface area contributed by atoms with Crippen molar-refractivity contribution in [3.63, 3.8) is 0 Å². The Morgan fingerprint density at radius 3 is 2.36 bits per heavy atom. The summed E-state index contributed by atoms with van der Waals surface area (Å²) in [7, 11) is 0. The molecule has 10 heteroatoms. The van der Waals surface area contributed by atoms with Crippen LogP contribution in [0.1, 0.15) is 18.1 Å². The number of imidazole rings is 1. The molecule has 0 fully saturated rings. The van der Waals surface area contributed by atoms with Gasteiger partial charge in [0.05, 0.1) is 16.6 Å². The molecule has 0 saturated heterocycles. The Labute approximate surface area is 201 Å². The lowest BCUT2D eigenvalue weighted by Crippen LogP contribution is -2.22. The molecule has 0 unspecified atom stereocenters. The Bertz CT molecular complexity index is 1280. The van der Waals surface area contributed by atoms with Crippen molar-refractivity contribution in [1.29, 1.82) is 5.26 Å². The predicted octanol–water partition coefficient (Wildman–Crippen LogP) is 5.91. The molecule has 0 aliphatic carbocycles. The second-order valence-corrected chi connectivity index (χ2v) is 7.05. The van der Waals surface area contributed by atoms with Gasteiger partial charge in [0.2, 0.25) is 0 Å². The molecule has 5 nitrogen and oxygen atoms in total. The van der Waals surface area contributed by atoms with Gasteiger partial charge in [-0.2, -0.15) is 18.4 Å². The number of benzene rings is 2. The first-order valence-electron chi connectivity index (χ1n) is 9.90. The first-order valence-corrected chi connectivity index (χ1v) is 9.90. The highest BCUT2D eigenvalue weighted by molar-refractivity contribution is 5.89. The van der Waals surface area contributed by atoms with Gasteiger partial charge in [0.25, 0.3) is 0 Å². The fourth-order valence-corrected chi connectivity index (χ4v) is 3.59. The number of pyridine rings is 1. The smallest absolute Gasteiger partial charge is 0.370 e. The molecule has 4 rings (SSSR count). The van der Waals surface area contributed by atoms with E-state index in [9.17, 15) is 18.4 Å². The normalized spacial score (nSPS) is 11.0. The number of nitrogens with one attached hydrogen (secondary N) is 2. The summed E-state index contributed by atoms with van der Waals surface area (Å²) in [5.41, 5.74) is 2.68. The molecule has 2 heterocycles. The quantitative estimate of drug-likeness (QED) is 0.326. The van der Waals surface area contributed by atoms with Gasteiger partial charge >= 0.3 is 6.18 Å². The highest BCUT2D eigenvalue weighted by atomic mass is 35.5. The van der Waals surface area contributed by atoms with Gasteiger partial charge < -0.3 is 10.6 Å². The highest BCUT2D eigenvalue weighted by Gasteiger charge is 2.30. The van der Waals surface area contributed by atoms with Crippen molar-refractivity contribution >= 4 is 47.3 Å². The number of anilines is 1. The maximum absolute atomic E-state index is 13.0. The van der Waals surface area contributed by atoms with E-state index >= 15 is 0 Å². The van der Waals surface area contributed by atoms with Crippen LogP contribution >= 0.6 is 24.8 Å². The highest BCUT2D eigenvalue weighted by Crippen LogP contribution is 2.35. The van der Waals surface area contributed by atoms with Gasteiger partial charge in [0, 0.05) is 18.7 Å². The summed E-state index contributed by atoms with van der Waals surface area (Å²) in [4.78, 5) is 4.64. The Kier molecular flexibility index (Phi) is 8.56. The molecule has 0 saturated carbocycles. The SMILES string of the molecule is CCNCCNc1cc(-c2ccc(C(F)(F)F)cc2)c(C#N)c2nc3ccccc3n12.Cl.Cl. The van der Waals surface area contributed by atoms with Gasteiger partial charge in [-0.25, -0.2) is 4.98 Å². The van der Waals surface area contributed by atoms with Crippen LogP contribution in [0, 0.1) is 11.3 Å². The van der Waals surface area contributed by atoms with Gasteiger partial charge in [-0.1, -0.05) is 31.2 Å². The molecular formula is C23H22Cl2F3N5. The number of nitriles is 1. The van der Waals surface area contributed by atoms with Gasteiger partial charge in [0.1, 0.15) is 17.5 Å². The zero-order valence-electron chi connectivity index (χ0n) is 17.6. The van der Waals surface area contributed by atoms with E-state index in [4.69, 9.17) is 0 Å². The molecule has 2 aromatic heterocycles. The average molecular weight is 496 g/mol. The number of fused-ring (bicyclic) bond motifs is 3. The first kappa shape index (κ1) is 26.3. The lowest BCUT2D eigenvalue weighted by atomic mass is 10.00. The van der Waals surface area contributed by atoms with Crippen molar-refractivity contribution < 1.29 is 13.2 Å². The Morgan fingerprint density at radius 1 is 1.03 bits per heavy atom. The zero-order valence-corrected chi connectivity index (χ0v) is 19.2. The van der Waals surface area contributed by atoms with E-state index in [0.29, 0.717) is 28.9 Å². The van der Waals surface area contributed by atoms with Crippen LogP contribution in [0.4, 0.5) is 19.0 Å². The fourth-order valence-electron chi connectivity index (χ4n) is 3.59. The van der Waals surface area contributed by atoms with Crippen molar-refractivity contribution in [3.05, 3.63) is 65.7 Å². The number of hydrogen-bond donors (Lipinski definition) is 2. The van der Waals surface area contributed by atoms with Gasteiger partial charge in [-0.05, 0) is 42.4 Å². The monoisotopic (exact) mass is 495 g/mol. The van der Waals surface area contributed by atoms with E-state index in [0.717, 1.165) is 42.1 Å². The van der Waals surface area contributed by atoms with Crippen molar-refractivity contribution in [2.75, 3.05) is 25.0 Å². The summed E-state index contributed by atoms with van der Waals surface area (Å²) in [5.74, 6) is 0.718. The largest absolute Gasteiger partial charge is 0.416 e. The number of likely N-dealkylation sites (N-methyl/N-ethyl adjacent to an activating group) is 1. The molecule has 0 atom stereocenters. The second-order valence-electron chi connectivity index (χ2n) is 7.05. The average Bonchev–Trinajstić information content (AvgIpc) is 3.15. The minimum absolute atomic E-state index is 0. The van der Waals surface area contributed by atoms with Crippen molar-refractivity contribution in [2.45, 2.75) is 13.1 Å². The number of halogens is 5. The molecule has 33 heavy (non-hydrogen) atoms. The van der Waals surface area contributed by atoms with E-state index in [1.165, 1.54) is 12.1 Å². The van der Waals surface area contributed by atoms with Gasteiger partial charge in [-0.15, -0.1) is 24.8 Å². The molecule has 0 radical (unpaired) electrons. The number of aromatic nitrogens is 2. The van der Waals surface area contributed by atoms with E-state index in [-0.39, 0.29) is 24.8 Å². The molecule has 0 aliphatic rings. The molecule has 0 spiro atoms. The van der Waals surface area contributed by atoms with Gasteiger partial charge in [-0.3, -0.25) is 4.40 Å². The van der Waals surface area contributed by atoms with Gasteiger partial charge in [0.15, 0.2) is 5.65 Å². The number of para-hydroxylation sites is 2. The zero-order chi connectivity index (χ0) is 22.0. The molecular weight excluding hydrogens is 474 g/mol. The third-order valence-corrected chi connectivity index (χ3v) is 5.07. The Morgan fingerprint density at radius 2 is 1.73 bits per heavy atom. The summed E-state index contributed by atoms with van der Waals surface area (Å²) in [6, 6.07) is 16.4. The van der Waals surface area contributed by atoms with E-state index in [2.05, 4.69) is 21.7 Å². The van der Waals surface area contributed by atoms with Crippen LogP contribution < -0.4 is 10.6 Å². The number of alkyl halides is 3. The van der Waals surface area contributed by atoms with E-state index in [1.54, 1.807) is 6.07 Å². The summed E-state index contributed by atoms with van der Waals surface area (Å²) < 4.78 is 40.8. The molecule has 2 N–H and O–H groups in total. The summed E-state index contributed by atoms with van der Waals surface area (Å²) in [6.07, 6.45) is -4.42. The van der Waals surface area contributed by atoms with Crippen molar-refractivity contribution in [3.8, 4) is 17.2 Å². The van der Waals surface area contributed by atoms with Crippen LogP contribution in [0.5, 0.6) is 0 Å². The lowest BCUT2D eigenvalue weighted by molar-refractivity contribution is -0.137. The van der Waals surface area contributed by atoms with Crippen molar-refractivity contribution in [2.24, 2.45) is 0 Å². The van der Waals surface area contributed by atoms with Crippen molar-refractivity contribution in [1.82, 2.24) is 14.7 Å². The third-order valence-electron chi connectivity index (χ3n) is 5.07. The molecule has 174 valence electrons. The molecule has 0 aliphatic heterocycles. The maximum Gasteiger partial charge on any atom is 0.416 e. The minimum atomic E-state index is -4.42. The summed E-state index contributed by atoms with van der Waals surface area (Å²) in [6.45, 7) is 4.23. The lowest BCUT2D eigenvalue weighted by Gasteiger charge is -2.15. The number of hydrogen-bond acceptors (Lipinski definition) is 4. The minimum Gasteiger partial charge on any atom is -0.370 e. The topological polar surface area (TPSA) is 65.1 Å². The van der Waals surface area contributed by atoms with Crippen LogP contribution in [0.2, 0.25) is 0 Å². The van der Waals surface area contributed by atoms with Crippen LogP contribution in [0.15, 0.2) is 54.6 Å². The third kappa shape index (κ3) is 5.17. The number of nitrogens with zero attached hydrogens (tertiary/aromatic N) is 3. The number of rotatable bonds is 6. The summed E-state index contributed by atoms with van der Waals surface area (Å²) >= 11 is 0. The summed E-state index contributed by atoms with van der Waals surface area (Å²) in [5, 5.41) is 16.5. The van der Waals surface area contributed by atoms with E-state index < -0.39 is 11.7 Å². The maximum atomic E-state index is 13.0. The molecule has 0 bridgehead atoms. The van der Waals surface area contributed by atoms with Crippen LogP contribution in [0.3, 0.4) is 0 Å². The van der Waals surface area contributed by atoms with Crippen LogP contribution in [0.25, 0.3) is 27.8 Å². The first-order chi connectivity index (χ1) is 14.9. The van der Waals surface area contributed by atoms with Crippen LogP contribution in [-0.2, 0) is 6.18 Å². The van der Waals surface area contributed by atoms with Crippen LogP contribution in [-0.4, -0.2) is 29.0 Å². The standard InChI is InChI=1S/C23H20F3N5.2ClH/c1-2-28-11-12-29-21-13-17(15-7-9-16(10-8-15)23(24,25)26)18(14-27)22-30-19-5-3-4-6-20(19)31(21)22;;/h3-10,13,28-29H,2,11-12H2,1H3;2*1H.